The van der Waals surface area contributed by atoms with Gasteiger partial charge in [-0.05, 0) is 27.8 Å². The zero-order chi connectivity index (χ0) is 33.4. The second-order valence-corrected chi connectivity index (χ2v) is 18.9. The number of fused-ring (bicyclic) bond motifs is 1. The van der Waals surface area contributed by atoms with Gasteiger partial charge in [-0.15, -0.1) is 6.58 Å². The van der Waals surface area contributed by atoms with Crippen molar-refractivity contribution in [1.29, 1.82) is 0 Å². The average Bonchev–Trinajstić information content (AvgIpc) is 3.46. The fraction of sp³-hybridized carbons (Fsp3) is 0.487. The first-order chi connectivity index (χ1) is 22.7. The normalized spacial score (nSPS) is 26.2. The first-order valence-electron chi connectivity index (χ1n) is 17.0. The third-order valence-corrected chi connectivity index (χ3v) is 15.5. The maximum atomic E-state index is 7.13. The molecule has 7 nitrogen and oxygen atoms in total. The van der Waals surface area contributed by atoms with Crippen LogP contribution >= 0.6 is 0 Å². The molecule has 0 N–H and O–H groups in total. The summed E-state index contributed by atoms with van der Waals surface area (Å²) in [5.74, 6) is -1.51. The van der Waals surface area contributed by atoms with Gasteiger partial charge in [-0.1, -0.05) is 139 Å². The summed E-state index contributed by atoms with van der Waals surface area (Å²) in [6, 6.07) is 30.0. The van der Waals surface area contributed by atoms with Gasteiger partial charge < -0.3 is 28.1 Å². The summed E-state index contributed by atoms with van der Waals surface area (Å²) in [6.45, 7) is 18.9. The Kier molecular flexibility index (Phi) is 12.3. The van der Waals surface area contributed by atoms with Crippen LogP contribution in [0.25, 0.3) is 0 Å². The van der Waals surface area contributed by atoms with Crippen LogP contribution in [0.2, 0.25) is 16.6 Å². The molecule has 3 aromatic rings. The zero-order valence-electron chi connectivity index (χ0n) is 28.7. The second-order valence-electron chi connectivity index (χ2n) is 13.4. The van der Waals surface area contributed by atoms with Crippen molar-refractivity contribution in [3.63, 3.8) is 0 Å². The molecule has 2 heterocycles. The van der Waals surface area contributed by atoms with Crippen LogP contribution in [0.15, 0.2) is 104 Å². The third kappa shape index (κ3) is 7.98. The first kappa shape index (κ1) is 35.6. The quantitative estimate of drug-likeness (QED) is 0.113. The van der Waals surface area contributed by atoms with Gasteiger partial charge in [-0.3, -0.25) is 4.74 Å². The molecule has 0 aliphatic carbocycles. The standard InChI is InChI=1S/C39H52O7Si/c1-8-24-42-39(33-22-16-11-17-23-33)45-37-36(41-26-32-20-14-10-15-21-32)35(40-25-31-18-12-9-13-19-31)34(44-38(37)46-39)27-43-47(28(2)3,29(4)5)30(6)7/h8-23,28-30,34-38H,1,24-27H2,2-7H3/t34-,35-,36+,37+,38+,39-/m1/s1. The van der Waals surface area contributed by atoms with Crippen molar-refractivity contribution in [3.8, 4) is 0 Å². The Bertz CT molecular complexity index is 1350. The van der Waals surface area contributed by atoms with Crippen molar-refractivity contribution >= 4 is 8.32 Å². The lowest BCUT2D eigenvalue weighted by Gasteiger charge is -2.46. The molecule has 0 amide bonds. The van der Waals surface area contributed by atoms with E-state index in [-0.39, 0.29) is 6.61 Å². The van der Waals surface area contributed by atoms with Gasteiger partial charge >= 0.3 is 5.97 Å². The number of ether oxygens (including phenoxy) is 6. The van der Waals surface area contributed by atoms with Gasteiger partial charge in [0.1, 0.15) is 24.4 Å². The molecule has 0 bridgehead atoms. The Morgan fingerprint density at radius 3 is 1.74 bits per heavy atom. The van der Waals surface area contributed by atoms with Crippen molar-refractivity contribution in [3.05, 3.63) is 120 Å². The van der Waals surface area contributed by atoms with E-state index >= 15 is 0 Å². The molecule has 0 saturated carbocycles. The molecule has 0 radical (unpaired) electrons. The molecular formula is C39H52O7Si. The molecule has 0 aromatic heterocycles. The number of hydrogen-bond acceptors (Lipinski definition) is 7. The minimum absolute atomic E-state index is 0.218. The number of rotatable bonds is 16. The van der Waals surface area contributed by atoms with E-state index in [2.05, 4.69) is 72.4 Å². The molecule has 2 aliphatic heterocycles. The number of benzene rings is 3. The van der Waals surface area contributed by atoms with Gasteiger partial charge in [-0.25, -0.2) is 0 Å². The van der Waals surface area contributed by atoms with E-state index in [0.717, 1.165) is 16.7 Å². The highest BCUT2D eigenvalue weighted by molar-refractivity contribution is 6.77. The van der Waals surface area contributed by atoms with Crippen molar-refractivity contribution in [2.45, 2.75) is 108 Å². The van der Waals surface area contributed by atoms with E-state index in [1.165, 1.54) is 0 Å². The van der Waals surface area contributed by atoms with E-state index in [0.29, 0.717) is 36.4 Å². The highest BCUT2D eigenvalue weighted by Crippen LogP contribution is 2.46. The lowest BCUT2D eigenvalue weighted by molar-refractivity contribution is -0.363. The van der Waals surface area contributed by atoms with Gasteiger partial charge in [0.15, 0.2) is 14.6 Å². The molecule has 6 atom stereocenters. The highest BCUT2D eigenvalue weighted by Gasteiger charge is 2.60. The van der Waals surface area contributed by atoms with E-state index in [1.54, 1.807) is 6.08 Å². The minimum Gasteiger partial charge on any atom is -0.413 e. The Hall–Kier alpha value is -2.66. The SMILES string of the molecule is C=CCO[C@@]1(c2ccccc2)O[C@@H]2O[C@H](CO[Si](C(C)C)(C(C)C)C(C)C)[C@@H](OCc3ccccc3)[C@H](OCc3ccccc3)[C@@H]2O1. The van der Waals surface area contributed by atoms with Crippen LogP contribution in [0, 0.1) is 0 Å². The topological polar surface area (TPSA) is 64.6 Å². The fourth-order valence-electron chi connectivity index (χ4n) is 7.34. The Morgan fingerprint density at radius 1 is 0.723 bits per heavy atom. The molecule has 5 rings (SSSR count). The van der Waals surface area contributed by atoms with Crippen molar-refractivity contribution in [2.75, 3.05) is 13.2 Å². The van der Waals surface area contributed by atoms with Crippen LogP contribution in [0.1, 0.15) is 58.2 Å². The van der Waals surface area contributed by atoms with Crippen LogP contribution in [0.4, 0.5) is 0 Å². The van der Waals surface area contributed by atoms with Crippen LogP contribution in [0.3, 0.4) is 0 Å². The molecule has 47 heavy (non-hydrogen) atoms. The molecule has 0 spiro atoms. The summed E-state index contributed by atoms with van der Waals surface area (Å²) in [5, 5.41) is 0. The zero-order valence-corrected chi connectivity index (χ0v) is 29.7. The minimum atomic E-state index is -2.24. The number of hydrogen-bond donors (Lipinski definition) is 0. The Balaban J connectivity index is 1.52. The Morgan fingerprint density at radius 2 is 1.23 bits per heavy atom. The molecule has 2 saturated heterocycles. The van der Waals surface area contributed by atoms with Gasteiger partial charge in [0.25, 0.3) is 0 Å². The first-order valence-corrected chi connectivity index (χ1v) is 19.1. The summed E-state index contributed by atoms with van der Waals surface area (Å²) in [4.78, 5) is 0. The van der Waals surface area contributed by atoms with E-state index in [9.17, 15) is 0 Å². The average molecular weight is 661 g/mol. The predicted molar refractivity (Wildman–Crippen MR) is 186 cm³/mol. The fourth-order valence-corrected chi connectivity index (χ4v) is 12.8. The summed E-state index contributed by atoms with van der Waals surface area (Å²) in [5.41, 5.74) is 4.07. The van der Waals surface area contributed by atoms with Crippen LogP contribution < -0.4 is 0 Å². The molecule has 0 unspecified atom stereocenters. The van der Waals surface area contributed by atoms with Crippen molar-refractivity contribution in [2.24, 2.45) is 0 Å². The maximum absolute atomic E-state index is 7.13. The summed E-state index contributed by atoms with van der Waals surface area (Å²) < 4.78 is 47.2. The summed E-state index contributed by atoms with van der Waals surface area (Å²) in [6.07, 6.45) is -1.33. The van der Waals surface area contributed by atoms with Gasteiger partial charge in [-0.2, -0.15) is 0 Å². The molecule has 2 fully saturated rings. The highest BCUT2D eigenvalue weighted by atomic mass is 28.4. The van der Waals surface area contributed by atoms with Crippen LogP contribution in [-0.4, -0.2) is 52.2 Å². The Labute approximate surface area is 282 Å². The lowest BCUT2D eigenvalue weighted by Crippen LogP contribution is -2.60. The van der Waals surface area contributed by atoms with Crippen LogP contribution in [0.5, 0.6) is 0 Å². The van der Waals surface area contributed by atoms with E-state index < -0.39 is 45.0 Å². The van der Waals surface area contributed by atoms with E-state index in [4.69, 9.17) is 32.8 Å². The molecule has 3 aromatic carbocycles. The second kappa shape index (κ2) is 16.2. The van der Waals surface area contributed by atoms with Crippen LogP contribution in [-0.2, 0) is 52.0 Å². The summed E-state index contributed by atoms with van der Waals surface area (Å²) in [7, 11) is -2.24. The molecular weight excluding hydrogens is 609 g/mol. The monoisotopic (exact) mass is 660 g/mol. The van der Waals surface area contributed by atoms with Crippen molar-refractivity contribution in [1.82, 2.24) is 0 Å². The van der Waals surface area contributed by atoms with Gasteiger partial charge in [0.05, 0.1) is 26.4 Å². The summed E-state index contributed by atoms with van der Waals surface area (Å²) >= 11 is 0. The lowest BCUT2D eigenvalue weighted by atomic mass is 9.98. The van der Waals surface area contributed by atoms with Crippen molar-refractivity contribution < 1.29 is 32.8 Å². The van der Waals surface area contributed by atoms with E-state index in [1.807, 2.05) is 66.7 Å². The smallest absolute Gasteiger partial charge is 0.315 e. The van der Waals surface area contributed by atoms with Gasteiger partial charge in [0.2, 0.25) is 0 Å². The van der Waals surface area contributed by atoms with Gasteiger partial charge in [0, 0.05) is 5.56 Å². The largest absolute Gasteiger partial charge is 0.413 e. The molecule has 2 aliphatic rings. The maximum Gasteiger partial charge on any atom is 0.315 e. The molecule has 254 valence electrons. The predicted octanol–water partition coefficient (Wildman–Crippen LogP) is 8.50. The third-order valence-electron chi connectivity index (χ3n) is 9.45. The molecule has 8 heteroatoms.